The molecule has 1 heterocycles. The Kier molecular flexibility index (Phi) is 24.3. The molecule has 0 aliphatic carbocycles. The van der Waals surface area contributed by atoms with Crippen LogP contribution in [-0.4, -0.2) is 88.6 Å². The summed E-state index contributed by atoms with van der Waals surface area (Å²) >= 11 is 0. The van der Waals surface area contributed by atoms with Crippen LogP contribution in [0.3, 0.4) is 0 Å². The molecule has 1 aromatic rings. The Morgan fingerprint density at radius 2 is 1.59 bits per heavy atom. The molecule has 12 heteroatoms. The van der Waals surface area contributed by atoms with Crippen molar-refractivity contribution in [2.75, 3.05) is 34.4 Å². The SMILES string of the molecule is CC(C)C.CC(OC(C)(C)C)C(C=O)NC(=O)OCc1ccccc1.CNCC(=O)NC(C=O)CC1CCNC1=O.COC. The summed E-state index contributed by atoms with van der Waals surface area (Å²) in [7, 11) is 4.90. The summed E-state index contributed by atoms with van der Waals surface area (Å²) in [6.45, 7) is 14.9. The number of carbonyl (C=O) groups excluding carboxylic acids is 5. The van der Waals surface area contributed by atoms with Crippen molar-refractivity contribution < 1.29 is 38.2 Å². The Labute approximate surface area is 263 Å². The van der Waals surface area contributed by atoms with E-state index in [9.17, 15) is 24.0 Å². The molecule has 12 nitrogen and oxygen atoms in total. The van der Waals surface area contributed by atoms with Gasteiger partial charge in [-0.15, -0.1) is 0 Å². The number of alkyl carbamates (subject to hydrolysis) is 1. The van der Waals surface area contributed by atoms with Gasteiger partial charge in [0.15, 0.2) is 0 Å². The van der Waals surface area contributed by atoms with Gasteiger partial charge in [-0.3, -0.25) is 9.59 Å². The molecule has 1 fully saturated rings. The Morgan fingerprint density at radius 3 is 2.02 bits per heavy atom. The molecule has 1 aromatic carbocycles. The van der Waals surface area contributed by atoms with Crippen molar-refractivity contribution in [2.24, 2.45) is 11.8 Å². The lowest BCUT2D eigenvalue weighted by atomic mass is 9.99. The summed E-state index contributed by atoms with van der Waals surface area (Å²) in [5, 5.41) is 10.5. The van der Waals surface area contributed by atoms with Gasteiger partial charge in [-0.05, 0) is 59.1 Å². The van der Waals surface area contributed by atoms with E-state index >= 15 is 0 Å². The van der Waals surface area contributed by atoms with Crippen LogP contribution in [-0.2, 0) is 40.0 Å². The van der Waals surface area contributed by atoms with E-state index in [4.69, 9.17) is 9.47 Å². The second-order valence-electron chi connectivity index (χ2n) is 11.8. The molecule has 3 amide bonds. The lowest BCUT2D eigenvalue weighted by Crippen LogP contribution is -2.46. The minimum atomic E-state index is -0.743. The highest BCUT2D eigenvalue weighted by molar-refractivity contribution is 5.83. The third-order valence-electron chi connectivity index (χ3n) is 5.24. The normalized spacial score (nSPS) is 15.7. The number of methoxy groups -OCH3 is 1. The quantitative estimate of drug-likeness (QED) is 0.256. The largest absolute Gasteiger partial charge is 0.445 e. The van der Waals surface area contributed by atoms with Gasteiger partial charge in [-0.2, -0.15) is 0 Å². The van der Waals surface area contributed by atoms with Gasteiger partial charge in [-0.25, -0.2) is 4.79 Å². The first-order chi connectivity index (χ1) is 20.6. The molecular formula is C32H56N4O8. The van der Waals surface area contributed by atoms with Gasteiger partial charge in [0, 0.05) is 26.7 Å². The zero-order valence-corrected chi connectivity index (χ0v) is 28.2. The molecule has 252 valence electrons. The Hall–Kier alpha value is -3.35. The highest BCUT2D eigenvalue weighted by Crippen LogP contribution is 2.15. The molecular weight excluding hydrogens is 568 g/mol. The highest BCUT2D eigenvalue weighted by Gasteiger charge is 2.27. The van der Waals surface area contributed by atoms with Gasteiger partial charge in [0.25, 0.3) is 0 Å². The van der Waals surface area contributed by atoms with Crippen molar-refractivity contribution in [2.45, 2.75) is 91.7 Å². The standard InChI is InChI=1S/C16H23NO4.C10H17N3O3.C4H10.C2H6O/c1-12(21-16(2,3)4)14(10-18)17-15(19)20-11-13-8-6-5-7-9-13;1-11-5-9(15)13-8(6-14)4-7-2-3-12-10(7)16;1-4(2)3;1-3-2/h5-10,12,14H,11H2,1-4H3,(H,17,19);6-8,11H,2-5H2,1H3,(H,12,16)(H,13,15);4H,1-3H3;1-2H3. The minimum absolute atomic E-state index is 0.0327. The number of likely N-dealkylation sites (N-methyl/N-ethyl adjacent to an activating group) is 1. The molecule has 44 heavy (non-hydrogen) atoms. The molecule has 0 radical (unpaired) electrons. The van der Waals surface area contributed by atoms with Crippen LogP contribution < -0.4 is 21.3 Å². The summed E-state index contributed by atoms with van der Waals surface area (Å²) in [4.78, 5) is 56.1. The van der Waals surface area contributed by atoms with Gasteiger partial charge in [0.2, 0.25) is 11.8 Å². The Morgan fingerprint density at radius 1 is 1.02 bits per heavy atom. The van der Waals surface area contributed by atoms with E-state index in [-0.39, 0.29) is 30.9 Å². The summed E-state index contributed by atoms with van der Waals surface area (Å²) in [5.41, 5.74) is 0.491. The number of amides is 3. The van der Waals surface area contributed by atoms with E-state index < -0.39 is 29.9 Å². The topological polar surface area (TPSA) is 161 Å². The average Bonchev–Trinajstić information content (AvgIpc) is 3.34. The zero-order chi connectivity index (χ0) is 34.1. The fraction of sp³-hybridized carbons (Fsp3) is 0.656. The maximum atomic E-state index is 11.7. The first-order valence-corrected chi connectivity index (χ1v) is 14.8. The maximum absolute atomic E-state index is 11.7. The molecule has 0 spiro atoms. The molecule has 0 aromatic heterocycles. The second-order valence-corrected chi connectivity index (χ2v) is 11.8. The number of hydrogen-bond acceptors (Lipinski definition) is 9. The summed E-state index contributed by atoms with van der Waals surface area (Å²) in [6, 6.07) is 8.01. The molecule has 4 atom stereocenters. The molecule has 1 aliphatic rings. The van der Waals surface area contributed by atoms with Crippen molar-refractivity contribution in [3.8, 4) is 0 Å². The fourth-order valence-electron chi connectivity index (χ4n) is 3.54. The van der Waals surface area contributed by atoms with Crippen molar-refractivity contribution >= 4 is 30.5 Å². The van der Waals surface area contributed by atoms with Gasteiger partial charge >= 0.3 is 6.09 Å². The van der Waals surface area contributed by atoms with Gasteiger partial charge in [-0.1, -0.05) is 51.1 Å². The maximum Gasteiger partial charge on any atom is 0.408 e. The lowest BCUT2D eigenvalue weighted by Gasteiger charge is -2.28. The molecule has 2 rings (SSSR count). The molecule has 1 saturated heterocycles. The van der Waals surface area contributed by atoms with E-state index in [2.05, 4.69) is 46.8 Å². The van der Waals surface area contributed by atoms with E-state index in [1.54, 1.807) is 28.2 Å². The number of hydrogen-bond donors (Lipinski definition) is 4. The van der Waals surface area contributed by atoms with Gasteiger partial charge in [0.1, 0.15) is 25.2 Å². The monoisotopic (exact) mass is 624 g/mol. The van der Waals surface area contributed by atoms with Crippen LogP contribution in [0.15, 0.2) is 30.3 Å². The Bertz CT molecular complexity index is 935. The molecule has 4 unspecified atom stereocenters. The second kappa shape index (κ2) is 25.0. The highest BCUT2D eigenvalue weighted by atomic mass is 16.6. The molecule has 1 aliphatic heterocycles. The number of rotatable bonds is 12. The first kappa shape index (κ1) is 42.8. The Balaban J connectivity index is 0. The number of aldehydes is 2. The lowest BCUT2D eigenvalue weighted by molar-refractivity contribution is -0.125. The predicted molar refractivity (Wildman–Crippen MR) is 171 cm³/mol. The van der Waals surface area contributed by atoms with Crippen LogP contribution in [0, 0.1) is 11.8 Å². The predicted octanol–water partition coefficient (Wildman–Crippen LogP) is 3.02. The van der Waals surface area contributed by atoms with Crippen molar-refractivity contribution in [3.63, 3.8) is 0 Å². The smallest absolute Gasteiger partial charge is 0.408 e. The number of carbonyl (C=O) groups is 5. The van der Waals surface area contributed by atoms with Crippen molar-refractivity contribution in [1.82, 2.24) is 21.3 Å². The number of nitrogens with one attached hydrogen (secondary N) is 4. The van der Waals surface area contributed by atoms with Crippen LogP contribution in [0.1, 0.15) is 66.9 Å². The summed E-state index contributed by atoms with van der Waals surface area (Å²) < 4.78 is 15.0. The van der Waals surface area contributed by atoms with Gasteiger partial charge < -0.3 is 45.1 Å². The van der Waals surface area contributed by atoms with E-state index in [0.717, 1.165) is 17.9 Å². The van der Waals surface area contributed by atoms with Crippen LogP contribution in [0.5, 0.6) is 0 Å². The fourth-order valence-corrected chi connectivity index (χ4v) is 3.54. The summed E-state index contributed by atoms with van der Waals surface area (Å²) in [6.07, 6.45) is 1.36. The van der Waals surface area contributed by atoms with Crippen molar-refractivity contribution in [1.29, 1.82) is 0 Å². The van der Waals surface area contributed by atoms with Crippen molar-refractivity contribution in [3.05, 3.63) is 35.9 Å². The minimum Gasteiger partial charge on any atom is -0.445 e. The van der Waals surface area contributed by atoms with Crippen LogP contribution >= 0.6 is 0 Å². The zero-order valence-electron chi connectivity index (χ0n) is 28.2. The summed E-state index contributed by atoms with van der Waals surface area (Å²) in [5.74, 6) is 0.401. The number of ether oxygens (including phenoxy) is 3. The van der Waals surface area contributed by atoms with E-state index in [1.165, 1.54) is 0 Å². The molecule has 0 bridgehead atoms. The van der Waals surface area contributed by atoms with E-state index in [1.807, 2.05) is 51.1 Å². The van der Waals surface area contributed by atoms with E-state index in [0.29, 0.717) is 25.5 Å². The van der Waals surface area contributed by atoms with Crippen LogP contribution in [0.25, 0.3) is 0 Å². The van der Waals surface area contributed by atoms with Gasteiger partial charge in [0.05, 0.1) is 24.3 Å². The van der Waals surface area contributed by atoms with Crippen LogP contribution in [0.4, 0.5) is 4.79 Å². The number of benzene rings is 1. The average molecular weight is 625 g/mol. The van der Waals surface area contributed by atoms with Crippen LogP contribution in [0.2, 0.25) is 0 Å². The molecule has 4 N–H and O–H groups in total. The molecule has 0 saturated carbocycles. The third kappa shape index (κ3) is 24.1. The third-order valence-corrected chi connectivity index (χ3v) is 5.24. The first-order valence-electron chi connectivity index (χ1n) is 14.8.